The Balaban J connectivity index is 1.75. The van der Waals surface area contributed by atoms with Crippen LogP contribution < -0.4 is 5.32 Å². The number of aryl methyl sites for hydroxylation is 1. The summed E-state index contributed by atoms with van der Waals surface area (Å²) in [4.78, 5) is 14.3. The third-order valence-corrected chi connectivity index (χ3v) is 4.46. The second kappa shape index (κ2) is 9.17. The largest absolute Gasteiger partial charge is 0.377 e. The highest BCUT2D eigenvalue weighted by Crippen LogP contribution is 2.17. The molecule has 1 amide bonds. The van der Waals surface area contributed by atoms with Crippen molar-refractivity contribution < 1.29 is 9.53 Å². The van der Waals surface area contributed by atoms with Gasteiger partial charge in [-0.2, -0.15) is 0 Å². The number of piperidine rings is 1. The van der Waals surface area contributed by atoms with Crippen LogP contribution in [-0.2, 0) is 16.0 Å². The van der Waals surface area contributed by atoms with Crippen LogP contribution in [0.5, 0.6) is 0 Å². The minimum Gasteiger partial charge on any atom is -0.377 e. The first-order valence-electron chi connectivity index (χ1n) is 8.17. The van der Waals surface area contributed by atoms with Crippen LogP contribution in [0.1, 0.15) is 44.5 Å². The number of carbonyl (C=O) groups is 1. The van der Waals surface area contributed by atoms with Crippen molar-refractivity contribution in [2.45, 2.75) is 52.1 Å². The number of likely N-dealkylation sites (tertiary alicyclic amines) is 1. The normalized spacial score (nSPS) is 19.3. The van der Waals surface area contributed by atoms with Gasteiger partial charge in [-0.3, -0.25) is 15.0 Å². The second-order valence-corrected chi connectivity index (χ2v) is 6.73. The van der Waals surface area contributed by atoms with E-state index >= 15 is 0 Å². The Morgan fingerprint density at radius 1 is 1.41 bits per heavy atom. The molecule has 1 fully saturated rings. The lowest BCUT2D eigenvalue weighted by Gasteiger charge is -2.31. The summed E-state index contributed by atoms with van der Waals surface area (Å²) in [6.07, 6.45) is 5.43. The van der Waals surface area contributed by atoms with Gasteiger partial charge in [-0.15, -0.1) is 10.2 Å². The molecule has 2 rings (SSSR count). The highest BCUT2D eigenvalue weighted by molar-refractivity contribution is 7.15. The van der Waals surface area contributed by atoms with Crippen LogP contribution in [0, 0.1) is 0 Å². The van der Waals surface area contributed by atoms with Crippen molar-refractivity contribution in [2.24, 2.45) is 0 Å². The summed E-state index contributed by atoms with van der Waals surface area (Å²) in [6, 6.07) is 0. The number of aromatic nitrogens is 2. The molecule has 22 heavy (non-hydrogen) atoms. The lowest BCUT2D eigenvalue weighted by molar-refractivity contribution is -0.118. The van der Waals surface area contributed by atoms with Crippen molar-refractivity contribution in [1.29, 1.82) is 0 Å². The number of ether oxygens (including phenoxy) is 1. The van der Waals surface area contributed by atoms with Crippen LogP contribution in [0.3, 0.4) is 0 Å². The monoisotopic (exact) mass is 326 g/mol. The number of hydrogen-bond donors (Lipinski definition) is 1. The number of carbonyl (C=O) groups excluding carboxylic acids is 1. The molecule has 0 aliphatic carbocycles. The van der Waals surface area contributed by atoms with Gasteiger partial charge in [0, 0.05) is 19.6 Å². The molecule has 1 saturated heterocycles. The molecule has 0 spiro atoms. The van der Waals surface area contributed by atoms with Gasteiger partial charge in [0.2, 0.25) is 11.0 Å². The van der Waals surface area contributed by atoms with E-state index in [9.17, 15) is 4.79 Å². The number of nitrogens with one attached hydrogen (secondary N) is 1. The van der Waals surface area contributed by atoms with Crippen LogP contribution in [0.2, 0.25) is 0 Å². The molecule has 0 unspecified atom stereocenters. The fourth-order valence-corrected chi connectivity index (χ4v) is 3.42. The van der Waals surface area contributed by atoms with E-state index in [1.807, 2.05) is 0 Å². The van der Waals surface area contributed by atoms with Crippen LogP contribution in [-0.4, -0.2) is 53.3 Å². The van der Waals surface area contributed by atoms with Gasteiger partial charge in [-0.1, -0.05) is 25.2 Å². The van der Waals surface area contributed by atoms with E-state index in [2.05, 4.69) is 34.3 Å². The topological polar surface area (TPSA) is 67.3 Å². The first kappa shape index (κ1) is 17.3. The molecule has 1 N–H and O–H groups in total. The molecule has 0 aromatic carbocycles. The summed E-state index contributed by atoms with van der Waals surface area (Å²) >= 11 is 1.46. The lowest BCUT2D eigenvalue weighted by atomic mass is 10.1. The number of nitrogens with zero attached hydrogens (tertiary/aromatic N) is 3. The van der Waals surface area contributed by atoms with Crippen molar-refractivity contribution >= 4 is 22.4 Å². The third-order valence-electron chi connectivity index (χ3n) is 3.56. The summed E-state index contributed by atoms with van der Waals surface area (Å²) in [5.41, 5.74) is 0. The van der Waals surface area contributed by atoms with Gasteiger partial charge in [0.25, 0.3) is 0 Å². The minimum atomic E-state index is -0.0182. The fraction of sp³-hybridized carbons (Fsp3) is 0.800. The van der Waals surface area contributed by atoms with Gasteiger partial charge in [0.15, 0.2) is 0 Å². The molecule has 1 aliphatic heterocycles. The maximum absolute atomic E-state index is 12.1. The van der Waals surface area contributed by atoms with Gasteiger partial charge in [-0.25, -0.2) is 0 Å². The van der Waals surface area contributed by atoms with Gasteiger partial charge >= 0.3 is 0 Å². The van der Waals surface area contributed by atoms with Crippen molar-refractivity contribution in [3.63, 3.8) is 0 Å². The van der Waals surface area contributed by atoms with Crippen LogP contribution in [0.15, 0.2) is 0 Å². The summed E-state index contributed by atoms with van der Waals surface area (Å²) in [5.74, 6) is -0.0182. The zero-order chi connectivity index (χ0) is 15.8. The molecular formula is C15H26N4O2S. The average molecular weight is 326 g/mol. The molecule has 6 nitrogen and oxygen atoms in total. The zero-order valence-corrected chi connectivity index (χ0v) is 14.3. The maximum Gasteiger partial charge on any atom is 0.240 e. The molecular weight excluding hydrogens is 300 g/mol. The van der Waals surface area contributed by atoms with Crippen LogP contribution in [0.4, 0.5) is 5.13 Å². The highest BCUT2D eigenvalue weighted by Gasteiger charge is 2.22. The SMILES string of the molecule is CCCO[C@H]1CCCN(CC(=O)Nc2nnc(CCC)s2)C1. The Hall–Kier alpha value is -1.05. The van der Waals surface area contributed by atoms with E-state index in [0.29, 0.717) is 11.7 Å². The predicted molar refractivity (Wildman–Crippen MR) is 88.2 cm³/mol. The Morgan fingerprint density at radius 2 is 2.27 bits per heavy atom. The summed E-state index contributed by atoms with van der Waals surface area (Å²) < 4.78 is 5.80. The molecule has 2 heterocycles. The van der Waals surface area contributed by atoms with Gasteiger partial charge in [0.05, 0.1) is 12.6 Å². The minimum absolute atomic E-state index is 0.0182. The molecule has 7 heteroatoms. The molecule has 1 aliphatic rings. The molecule has 1 atom stereocenters. The Morgan fingerprint density at radius 3 is 3.05 bits per heavy atom. The lowest BCUT2D eigenvalue weighted by Crippen LogP contribution is -2.43. The Bertz CT molecular complexity index is 466. The highest BCUT2D eigenvalue weighted by atomic mass is 32.1. The van der Waals surface area contributed by atoms with Crippen LogP contribution >= 0.6 is 11.3 Å². The van der Waals surface area contributed by atoms with E-state index in [0.717, 1.165) is 56.8 Å². The van der Waals surface area contributed by atoms with E-state index in [1.165, 1.54) is 11.3 Å². The van der Waals surface area contributed by atoms with E-state index in [-0.39, 0.29) is 12.0 Å². The predicted octanol–water partition coefficient (Wildman–Crippen LogP) is 2.32. The fourth-order valence-electron chi connectivity index (χ4n) is 2.56. The molecule has 0 bridgehead atoms. The van der Waals surface area contributed by atoms with Crippen molar-refractivity contribution in [2.75, 3.05) is 31.6 Å². The molecule has 124 valence electrons. The molecule has 1 aromatic rings. The van der Waals surface area contributed by atoms with Gasteiger partial charge < -0.3 is 4.74 Å². The smallest absolute Gasteiger partial charge is 0.240 e. The average Bonchev–Trinajstić information content (AvgIpc) is 2.93. The number of amides is 1. The number of anilines is 1. The first-order valence-corrected chi connectivity index (χ1v) is 8.99. The van der Waals surface area contributed by atoms with Crippen molar-refractivity contribution in [3.8, 4) is 0 Å². The molecule has 0 saturated carbocycles. The van der Waals surface area contributed by atoms with E-state index in [4.69, 9.17) is 4.74 Å². The Labute approximate surface area is 136 Å². The van der Waals surface area contributed by atoms with E-state index in [1.54, 1.807) is 0 Å². The molecule has 1 aromatic heterocycles. The van der Waals surface area contributed by atoms with Gasteiger partial charge in [-0.05, 0) is 32.2 Å². The summed E-state index contributed by atoms with van der Waals surface area (Å²) in [5, 5.41) is 12.5. The van der Waals surface area contributed by atoms with Crippen molar-refractivity contribution in [1.82, 2.24) is 15.1 Å². The summed E-state index contributed by atoms with van der Waals surface area (Å²) in [7, 11) is 0. The number of hydrogen-bond acceptors (Lipinski definition) is 6. The van der Waals surface area contributed by atoms with Gasteiger partial charge in [0.1, 0.15) is 5.01 Å². The number of rotatable bonds is 8. The summed E-state index contributed by atoms with van der Waals surface area (Å²) in [6.45, 7) is 7.21. The third kappa shape index (κ3) is 5.62. The standard InChI is InChI=1S/C15H26N4O2S/c1-3-6-14-17-18-15(22-14)16-13(20)11-19-8-5-7-12(10-19)21-9-4-2/h12H,3-11H2,1-2H3,(H,16,18,20)/t12-/m0/s1. The second-order valence-electron chi connectivity index (χ2n) is 5.67. The molecule has 0 radical (unpaired) electrons. The van der Waals surface area contributed by atoms with Crippen molar-refractivity contribution in [3.05, 3.63) is 5.01 Å². The first-order chi connectivity index (χ1) is 10.7. The zero-order valence-electron chi connectivity index (χ0n) is 13.5. The van der Waals surface area contributed by atoms with E-state index < -0.39 is 0 Å². The van der Waals surface area contributed by atoms with Crippen LogP contribution in [0.25, 0.3) is 0 Å². The maximum atomic E-state index is 12.1. The quantitative estimate of drug-likeness (QED) is 0.794. The Kier molecular flexibility index (Phi) is 7.21.